The van der Waals surface area contributed by atoms with Gasteiger partial charge in [-0.15, -0.1) is 0 Å². The molecule has 2 aromatic carbocycles. The number of pyridine rings is 1. The molecule has 3 aromatic heterocycles. The third-order valence-electron chi connectivity index (χ3n) is 6.05. The topological polar surface area (TPSA) is 103 Å². The largest absolute Gasteiger partial charge is 0.486 e. The van der Waals surface area contributed by atoms with E-state index in [1.807, 2.05) is 62.3 Å². The number of nitrogens with one attached hydrogen (secondary N) is 2. The molecule has 0 saturated heterocycles. The fraction of sp³-hybridized carbons (Fsp3) is 0.231. The van der Waals surface area contributed by atoms with Crippen molar-refractivity contribution in [1.29, 1.82) is 0 Å². The summed E-state index contributed by atoms with van der Waals surface area (Å²) in [5.41, 5.74) is 4.52. The number of anilines is 1. The highest BCUT2D eigenvalue weighted by Gasteiger charge is 2.19. The number of fused-ring (bicyclic) bond motifs is 2. The Bertz CT molecular complexity index is 1590. The SMILES string of the molecule is CC(Oc1ccc2[nH]nc(-c3nc4ccc(N(C)C(=O)CN(C)C)cc4[nH]3)c2c1)c1c(Cl)cncc1Cl. The van der Waals surface area contributed by atoms with Crippen LogP contribution in [0, 0.1) is 0 Å². The van der Waals surface area contributed by atoms with Gasteiger partial charge in [0.15, 0.2) is 5.82 Å². The van der Waals surface area contributed by atoms with E-state index in [2.05, 4.69) is 20.2 Å². The van der Waals surface area contributed by atoms with Crippen LogP contribution in [0.25, 0.3) is 33.5 Å². The minimum atomic E-state index is -0.396. The molecular weight excluding hydrogens is 513 g/mol. The molecule has 1 atom stereocenters. The molecule has 0 aliphatic rings. The van der Waals surface area contributed by atoms with Gasteiger partial charge in [-0.05, 0) is 57.4 Å². The second kappa shape index (κ2) is 10.0. The van der Waals surface area contributed by atoms with Crippen molar-refractivity contribution < 1.29 is 9.53 Å². The maximum absolute atomic E-state index is 12.5. The highest BCUT2D eigenvalue weighted by molar-refractivity contribution is 6.35. The molecule has 0 radical (unpaired) electrons. The number of benzene rings is 2. The second-order valence-electron chi connectivity index (χ2n) is 9.03. The second-order valence-corrected chi connectivity index (χ2v) is 9.85. The summed E-state index contributed by atoms with van der Waals surface area (Å²) in [6.45, 7) is 2.20. The Morgan fingerprint density at radius 1 is 1.05 bits per heavy atom. The summed E-state index contributed by atoms with van der Waals surface area (Å²) in [7, 11) is 5.50. The van der Waals surface area contributed by atoms with Crippen LogP contribution in [0.4, 0.5) is 5.69 Å². The Morgan fingerprint density at radius 3 is 2.54 bits per heavy atom. The van der Waals surface area contributed by atoms with Crippen LogP contribution in [-0.4, -0.2) is 63.6 Å². The van der Waals surface area contributed by atoms with Gasteiger partial charge in [0.05, 0.1) is 33.1 Å². The van der Waals surface area contributed by atoms with Crippen molar-refractivity contribution in [2.24, 2.45) is 0 Å². The summed E-state index contributed by atoms with van der Waals surface area (Å²) >= 11 is 12.6. The molecule has 0 aliphatic heterocycles. The average Bonchev–Trinajstić information content (AvgIpc) is 3.46. The zero-order valence-electron chi connectivity index (χ0n) is 20.7. The van der Waals surface area contributed by atoms with Crippen molar-refractivity contribution in [3.8, 4) is 17.3 Å². The average molecular weight is 538 g/mol. The molecule has 0 bridgehead atoms. The Hall–Kier alpha value is -3.66. The zero-order valence-corrected chi connectivity index (χ0v) is 22.2. The van der Waals surface area contributed by atoms with Crippen molar-refractivity contribution in [1.82, 2.24) is 30.0 Å². The van der Waals surface area contributed by atoms with E-state index in [0.717, 1.165) is 27.6 Å². The number of rotatable bonds is 7. The molecule has 0 aliphatic carbocycles. The molecule has 37 heavy (non-hydrogen) atoms. The standard InChI is InChI=1S/C26H25Cl2N7O2/c1-14(24-18(27)11-29-12-19(24)28)37-16-6-8-20-17(10-16)25(33-32-20)26-30-21-7-5-15(9-22(21)31-26)35(4)23(36)13-34(2)3/h5-12,14H,13H2,1-4H3,(H,30,31)(H,32,33). The molecule has 0 saturated carbocycles. The minimum absolute atomic E-state index is 0.00141. The van der Waals surface area contributed by atoms with Crippen LogP contribution >= 0.6 is 23.2 Å². The van der Waals surface area contributed by atoms with E-state index in [-0.39, 0.29) is 5.91 Å². The van der Waals surface area contributed by atoms with Crippen molar-refractivity contribution in [3.63, 3.8) is 0 Å². The zero-order chi connectivity index (χ0) is 26.3. The van der Waals surface area contributed by atoms with Gasteiger partial charge < -0.3 is 19.5 Å². The van der Waals surface area contributed by atoms with Gasteiger partial charge in [-0.25, -0.2) is 4.98 Å². The molecule has 11 heteroatoms. The lowest BCUT2D eigenvalue weighted by Crippen LogP contribution is -2.34. The van der Waals surface area contributed by atoms with Crippen LogP contribution in [0.2, 0.25) is 10.0 Å². The molecule has 0 fully saturated rings. The number of carbonyl (C=O) groups is 1. The van der Waals surface area contributed by atoms with Gasteiger partial charge in [0, 0.05) is 36.1 Å². The molecule has 9 nitrogen and oxygen atoms in total. The van der Waals surface area contributed by atoms with Crippen LogP contribution in [0.5, 0.6) is 5.75 Å². The van der Waals surface area contributed by atoms with Gasteiger partial charge >= 0.3 is 0 Å². The molecule has 5 rings (SSSR count). The number of ether oxygens (including phenoxy) is 1. The Morgan fingerprint density at radius 2 is 1.81 bits per heavy atom. The number of halogens is 2. The summed E-state index contributed by atoms with van der Waals surface area (Å²) in [5.74, 6) is 1.23. The van der Waals surface area contributed by atoms with E-state index in [1.165, 1.54) is 0 Å². The summed E-state index contributed by atoms with van der Waals surface area (Å²) in [6.07, 6.45) is 2.69. The number of H-pyrrole nitrogens is 2. The van der Waals surface area contributed by atoms with Crippen molar-refractivity contribution in [2.45, 2.75) is 13.0 Å². The highest BCUT2D eigenvalue weighted by atomic mass is 35.5. The maximum atomic E-state index is 12.5. The maximum Gasteiger partial charge on any atom is 0.240 e. The molecule has 3 heterocycles. The summed E-state index contributed by atoms with van der Waals surface area (Å²) in [6, 6.07) is 11.3. The number of hydrogen-bond acceptors (Lipinski definition) is 6. The first kappa shape index (κ1) is 25.0. The van der Waals surface area contributed by atoms with Crippen LogP contribution in [0.3, 0.4) is 0 Å². The summed E-state index contributed by atoms with van der Waals surface area (Å²) < 4.78 is 6.17. The first-order chi connectivity index (χ1) is 17.7. The number of aromatic nitrogens is 5. The van der Waals surface area contributed by atoms with E-state index < -0.39 is 6.10 Å². The van der Waals surface area contributed by atoms with Gasteiger partial charge in [-0.1, -0.05) is 23.2 Å². The monoisotopic (exact) mass is 537 g/mol. The predicted molar refractivity (Wildman–Crippen MR) is 146 cm³/mol. The van der Waals surface area contributed by atoms with Gasteiger partial charge in [0.1, 0.15) is 17.5 Å². The number of carbonyl (C=O) groups excluding carboxylic acids is 1. The van der Waals surface area contributed by atoms with Crippen molar-refractivity contribution in [2.75, 3.05) is 32.6 Å². The lowest BCUT2D eigenvalue weighted by Gasteiger charge is -2.19. The molecular formula is C26H25Cl2N7O2. The summed E-state index contributed by atoms with van der Waals surface area (Å²) in [4.78, 5) is 28.0. The molecule has 190 valence electrons. The number of hydrogen-bond donors (Lipinski definition) is 2. The highest BCUT2D eigenvalue weighted by Crippen LogP contribution is 2.35. The van der Waals surface area contributed by atoms with Gasteiger partial charge in [0.25, 0.3) is 0 Å². The van der Waals surface area contributed by atoms with E-state index >= 15 is 0 Å². The van der Waals surface area contributed by atoms with Crippen LogP contribution in [0.15, 0.2) is 48.8 Å². The van der Waals surface area contributed by atoms with E-state index in [9.17, 15) is 4.79 Å². The van der Waals surface area contributed by atoms with Crippen LogP contribution < -0.4 is 9.64 Å². The fourth-order valence-electron chi connectivity index (χ4n) is 4.16. The fourth-order valence-corrected chi connectivity index (χ4v) is 4.83. The Kier molecular flexibility index (Phi) is 6.76. The van der Waals surface area contributed by atoms with Crippen molar-refractivity contribution >= 4 is 56.7 Å². The third kappa shape index (κ3) is 4.98. The molecule has 2 N–H and O–H groups in total. The van der Waals surface area contributed by atoms with E-state index in [1.54, 1.807) is 24.3 Å². The van der Waals surface area contributed by atoms with Crippen LogP contribution in [0.1, 0.15) is 18.6 Å². The predicted octanol–water partition coefficient (Wildman–Crippen LogP) is 5.47. The number of imidazole rings is 1. The smallest absolute Gasteiger partial charge is 0.240 e. The minimum Gasteiger partial charge on any atom is -0.486 e. The summed E-state index contributed by atoms with van der Waals surface area (Å²) in [5, 5.41) is 9.27. The number of likely N-dealkylation sites (N-methyl/N-ethyl adjacent to an activating group) is 2. The Labute approximate surface area is 223 Å². The molecule has 5 aromatic rings. The number of amides is 1. The van der Waals surface area contributed by atoms with E-state index in [0.29, 0.717) is 39.4 Å². The van der Waals surface area contributed by atoms with E-state index in [4.69, 9.17) is 32.9 Å². The van der Waals surface area contributed by atoms with Gasteiger partial charge in [0.2, 0.25) is 5.91 Å². The first-order valence-electron chi connectivity index (χ1n) is 11.6. The van der Waals surface area contributed by atoms with Gasteiger partial charge in [-0.2, -0.15) is 5.10 Å². The third-order valence-corrected chi connectivity index (χ3v) is 6.65. The quantitative estimate of drug-likeness (QED) is 0.285. The number of nitrogens with zero attached hydrogens (tertiary/aromatic N) is 5. The normalized spacial score (nSPS) is 12.4. The lowest BCUT2D eigenvalue weighted by atomic mass is 10.1. The first-order valence-corrected chi connectivity index (χ1v) is 12.3. The van der Waals surface area contributed by atoms with Gasteiger partial charge in [-0.3, -0.25) is 14.9 Å². The molecule has 1 unspecified atom stereocenters. The number of aromatic amines is 2. The van der Waals surface area contributed by atoms with Crippen molar-refractivity contribution in [3.05, 3.63) is 64.4 Å². The van der Waals surface area contributed by atoms with Crippen LogP contribution in [-0.2, 0) is 4.79 Å². The Balaban J connectivity index is 1.45. The molecule has 0 spiro atoms. The lowest BCUT2D eigenvalue weighted by molar-refractivity contribution is -0.118. The molecule has 1 amide bonds.